The Bertz CT molecular complexity index is 984. The number of carbonyl (C=O) groups excluding carboxylic acids is 1. The molecule has 0 saturated heterocycles. The lowest BCUT2D eigenvalue weighted by molar-refractivity contribution is -0.120. The van der Waals surface area contributed by atoms with Crippen LogP contribution in [0.4, 0.5) is 5.69 Å². The lowest BCUT2D eigenvalue weighted by atomic mass is 9.82. The van der Waals surface area contributed by atoms with Crippen molar-refractivity contribution in [3.05, 3.63) is 63.8 Å². The smallest absolute Gasteiger partial charge is 0.255 e. The average Bonchev–Trinajstić information content (AvgIpc) is 3.06. The van der Waals surface area contributed by atoms with Crippen molar-refractivity contribution in [2.24, 2.45) is 0 Å². The largest absolute Gasteiger partial charge is 0.356 e. The van der Waals surface area contributed by atoms with Crippen molar-refractivity contribution in [1.82, 2.24) is 10.3 Å². The maximum Gasteiger partial charge on any atom is 0.255 e. The van der Waals surface area contributed by atoms with E-state index in [1.54, 1.807) is 0 Å². The summed E-state index contributed by atoms with van der Waals surface area (Å²) in [5.74, 6) is -0.0156. The van der Waals surface area contributed by atoms with Crippen molar-refractivity contribution in [3.8, 4) is 0 Å². The second-order valence-corrected chi connectivity index (χ2v) is 7.01. The maximum atomic E-state index is 12.9. The Hall–Kier alpha value is -1.82. The van der Waals surface area contributed by atoms with Crippen LogP contribution in [-0.4, -0.2) is 17.4 Å². The summed E-state index contributed by atoms with van der Waals surface area (Å²) >= 11 is 3.53. The van der Waals surface area contributed by atoms with Crippen molar-refractivity contribution in [2.45, 2.75) is 12.0 Å². The summed E-state index contributed by atoms with van der Waals surface area (Å²) in [6, 6.07) is 14.2. The van der Waals surface area contributed by atoms with Gasteiger partial charge in [0.15, 0.2) is 5.54 Å². The molecule has 0 radical (unpaired) electrons. The Labute approximate surface area is 153 Å². The Kier molecular flexibility index (Phi) is 3.49. The highest BCUT2D eigenvalue weighted by molar-refractivity contribution is 9.10. The van der Waals surface area contributed by atoms with Crippen LogP contribution in [-0.2, 0) is 16.8 Å². The van der Waals surface area contributed by atoms with E-state index in [2.05, 4.69) is 43.7 Å². The Morgan fingerprint density at radius 2 is 1.96 bits per heavy atom. The number of amides is 1. The van der Waals surface area contributed by atoms with E-state index in [1.807, 2.05) is 30.3 Å². The van der Waals surface area contributed by atoms with E-state index in [9.17, 15) is 4.79 Å². The molecule has 24 heavy (non-hydrogen) atoms. The van der Waals surface area contributed by atoms with Gasteiger partial charge in [-0.2, -0.15) is 0 Å². The zero-order valence-electron chi connectivity index (χ0n) is 12.7. The highest BCUT2D eigenvalue weighted by Gasteiger charge is 2.52. The number of aromatic amines is 1. The predicted molar refractivity (Wildman–Crippen MR) is 101 cm³/mol. The number of H-pyrrole nitrogens is 1. The first-order valence-electron chi connectivity index (χ1n) is 7.67. The molecule has 3 aromatic rings. The monoisotopic (exact) mass is 403 g/mol. The number of hydrogen-bond donors (Lipinski definition) is 3. The summed E-state index contributed by atoms with van der Waals surface area (Å²) in [7, 11) is 0. The van der Waals surface area contributed by atoms with Gasteiger partial charge in [-0.3, -0.25) is 10.1 Å². The van der Waals surface area contributed by atoms with Gasteiger partial charge in [-0.05, 0) is 36.2 Å². The van der Waals surface area contributed by atoms with Crippen LogP contribution < -0.4 is 10.6 Å². The number of nitrogens with one attached hydrogen (secondary N) is 3. The number of rotatable bonds is 0. The van der Waals surface area contributed by atoms with Crippen molar-refractivity contribution in [1.29, 1.82) is 0 Å². The van der Waals surface area contributed by atoms with E-state index in [1.165, 1.54) is 10.9 Å². The van der Waals surface area contributed by atoms with Gasteiger partial charge < -0.3 is 10.3 Å². The van der Waals surface area contributed by atoms with E-state index >= 15 is 0 Å². The first-order valence-corrected chi connectivity index (χ1v) is 8.46. The maximum absolute atomic E-state index is 12.9. The van der Waals surface area contributed by atoms with Gasteiger partial charge >= 0.3 is 0 Å². The van der Waals surface area contributed by atoms with Gasteiger partial charge in [0, 0.05) is 33.2 Å². The molecule has 122 valence electrons. The van der Waals surface area contributed by atoms with Gasteiger partial charge in [0.25, 0.3) is 5.91 Å². The zero-order valence-corrected chi connectivity index (χ0v) is 15.1. The number of benzene rings is 2. The van der Waals surface area contributed by atoms with Crippen LogP contribution in [0, 0.1) is 0 Å². The molecule has 3 N–H and O–H groups in total. The lowest BCUT2D eigenvalue weighted by Crippen LogP contribution is -2.53. The fourth-order valence-electron chi connectivity index (χ4n) is 3.94. The SMILES string of the molecule is Cl.O=C1Nc2ccc(Br)cc2C12NCCc1c2[nH]c2ccccc12. The molecule has 3 heterocycles. The molecule has 6 heteroatoms. The van der Waals surface area contributed by atoms with Crippen LogP contribution in [0.2, 0.25) is 0 Å². The minimum absolute atomic E-state index is 0. The quantitative estimate of drug-likeness (QED) is 0.535. The fourth-order valence-corrected chi connectivity index (χ4v) is 4.30. The van der Waals surface area contributed by atoms with E-state index in [-0.39, 0.29) is 18.3 Å². The molecule has 2 aliphatic heterocycles. The summed E-state index contributed by atoms with van der Waals surface area (Å²) < 4.78 is 0.970. The number of halogens is 2. The second kappa shape index (κ2) is 5.34. The second-order valence-electron chi connectivity index (χ2n) is 6.09. The zero-order chi connectivity index (χ0) is 15.6. The molecule has 5 rings (SSSR count). The van der Waals surface area contributed by atoms with Crippen LogP contribution in [0.15, 0.2) is 46.9 Å². The molecule has 4 nitrogen and oxygen atoms in total. The Morgan fingerprint density at radius 1 is 1.12 bits per heavy atom. The van der Waals surface area contributed by atoms with Crippen molar-refractivity contribution in [2.75, 3.05) is 11.9 Å². The number of anilines is 1. The van der Waals surface area contributed by atoms with Crippen molar-refractivity contribution >= 4 is 50.8 Å². The number of fused-ring (bicyclic) bond motifs is 6. The summed E-state index contributed by atoms with van der Waals surface area (Å²) in [5, 5.41) is 7.72. The minimum atomic E-state index is -0.828. The van der Waals surface area contributed by atoms with E-state index in [4.69, 9.17) is 0 Å². The molecule has 1 atom stereocenters. The minimum Gasteiger partial charge on any atom is -0.356 e. The van der Waals surface area contributed by atoms with Crippen LogP contribution in [0.5, 0.6) is 0 Å². The van der Waals surface area contributed by atoms with Crippen LogP contribution >= 0.6 is 28.3 Å². The topological polar surface area (TPSA) is 56.9 Å². The molecule has 0 fully saturated rings. The third-order valence-corrected chi connectivity index (χ3v) is 5.42. The van der Waals surface area contributed by atoms with Gasteiger partial charge in [-0.25, -0.2) is 0 Å². The molecule has 2 aromatic carbocycles. The lowest BCUT2D eigenvalue weighted by Gasteiger charge is -2.33. The molecule has 1 unspecified atom stereocenters. The predicted octanol–water partition coefficient (Wildman–Crippen LogP) is 3.69. The van der Waals surface area contributed by atoms with Gasteiger partial charge in [0.1, 0.15) is 0 Å². The summed E-state index contributed by atoms with van der Waals surface area (Å²) in [4.78, 5) is 16.5. The van der Waals surface area contributed by atoms with Gasteiger partial charge in [0.2, 0.25) is 0 Å². The van der Waals surface area contributed by atoms with Crippen LogP contribution in [0.25, 0.3) is 10.9 Å². The molecule has 0 bridgehead atoms. The molecule has 1 amide bonds. The molecule has 0 aliphatic carbocycles. The summed E-state index contributed by atoms with van der Waals surface area (Å²) in [6.07, 6.45) is 0.914. The first kappa shape index (κ1) is 15.7. The van der Waals surface area contributed by atoms with Crippen molar-refractivity contribution < 1.29 is 4.79 Å². The van der Waals surface area contributed by atoms with E-state index < -0.39 is 5.54 Å². The molecule has 2 aliphatic rings. The molecule has 0 saturated carbocycles. The highest BCUT2D eigenvalue weighted by atomic mass is 79.9. The van der Waals surface area contributed by atoms with E-state index in [0.717, 1.165) is 39.9 Å². The molecular formula is C18H15BrClN3O. The molecule has 1 spiro atoms. The van der Waals surface area contributed by atoms with Gasteiger partial charge in [0.05, 0.1) is 5.69 Å². The normalized spacial score (nSPS) is 21.3. The fraction of sp³-hybridized carbons (Fsp3) is 0.167. The average molecular weight is 405 g/mol. The number of para-hydroxylation sites is 1. The number of aromatic nitrogens is 1. The Morgan fingerprint density at radius 3 is 2.83 bits per heavy atom. The van der Waals surface area contributed by atoms with E-state index in [0.29, 0.717) is 0 Å². The molecule has 1 aromatic heterocycles. The number of hydrogen-bond acceptors (Lipinski definition) is 2. The third kappa shape index (κ3) is 1.86. The van der Waals surface area contributed by atoms with Gasteiger partial charge in [-0.1, -0.05) is 34.1 Å². The summed E-state index contributed by atoms with van der Waals surface area (Å²) in [6.45, 7) is 0.772. The van der Waals surface area contributed by atoms with Crippen molar-refractivity contribution in [3.63, 3.8) is 0 Å². The van der Waals surface area contributed by atoms with Crippen LogP contribution in [0.3, 0.4) is 0 Å². The summed E-state index contributed by atoms with van der Waals surface area (Å²) in [5.41, 5.74) is 4.31. The standard InChI is InChI=1S/C18H14BrN3O.ClH/c19-10-5-6-15-13(9-10)18(17(23)22-15)16-12(7-8-20-18)11-3-1-2-4-14(11)21-16;/h1-6,9,20-21H,7-8H2,(H,22,23);1H. The Balaban J connectivity index is 0.00000146. The first-order chi connectivity index (χ1) is 11.2. The number of carbonyl (C=O) groups is 1. The molecular weight excluding hydrogens is 390 g/mol. The van der Waals surface area contributed by atoms with Gasteiger partial charge in [-0.15, -0.1) is 12.4 Å². The van der Waals surface area contributed by atoms with Crippen LogP contribution in [0.1, 0.15) is 16.8 Å². The third-order valence-electron chi connectivity index (χ3n) is 4.93. The highest BCUT2D eigenvalue weighted by Crippen LogP contribution is 2.45.